The Hall–Kier alpha value is -7.16. The van der Waals surface area contributed by atoms with Crippen molar-refractivity contribution in [3.8, 4) is 44.5 Å². The van der Waals surface area contributed by atoms with E-state index in [0.717, 1.165) is 25.7 Å². The van der Waals surface area contributed by atoms with Gasteiger partial charge < -0.3 is 9.80 Å². The van der Waals surface area contributed by atoms with E-state index < -0.39 is 0 Å². The van der Waals surface area contributed by atoms with Gasteiger partial charge in [0, 0.05) is 33.6 Å². The lowest BCUT2D eigenvalue weighted by atomic mass is 9.71. The fourth-order valence-corrected chi connectivity index (χ4v) is 16.5. The zero-order valence-electron chi connectivity index (χ0n) is 43.2. The molecule has 0 aromatic heterocycles. The number of rotatable bonds is 6. The second kappa shape index (κ2) is 14.7. The van der Waals surface area contributed by atoms with Crippen LogP contribution in [0.25, 0.3) is 76.8 Å². The van der Waals surface area contributed by atoms with Crippen molar-refractivity contribution in [1.29, 1.82) is 0 Å². The van der Waals surface area contributed by atoms with Gasteiger partial charge in [-0.25, -0.2) is 0 Å². The molecule has 2 fully saturated rings. The predicted octanol–water partition coefficient (Wildman–Crippen LogP) is 19.2. The minimum Gasteiger partial charge on any atom is -0.334 e. The molecule has 10 aromatic carbocycles. The zero-order valence-corrected chi connectivity index (χ0v) is 43.2. The third kappa shape index (κ3) is 5.84. The molecule has 10 aromatic rings. The van der Waals surface area contributed by atoms with Crippen LogP contribution in [0.15, 0.2) is 194 Å². The lowest BCUT2D eigenvalue weighted by molar-refractivity contribution is 0.330. The Bertz CT molecular complexity index is 3560. The average Bonchev–Trinajstić information content (AvgIpc) is 3.86. The van der Waals surface area contributed by atoms with E-state index in [9.17, 15) is 0 Å². The summed E-state index contributed by atoms with van der Waals surface area (Å²) in [7, 11) is 0. The number of hydrogen-bond donors (Lipinski definition) is 0. The van der Waals surface area contributed by atoms with Crippen molar-refractivity contribution >= 4 is 55.1 Å². The maximum absolute atomic E-state index is 2.69. The van der Waals surface area contributed by atoms with Gasteiger partial charge in [0.25, 0.3) is 0 Å². The monoisotopic (exact) mass is 933 g/mol. The van der Waals surface area contributed by atoms with Crippen LogP contribution in [-0.2, 0) is 10.8 Å². The summed E-state index contributed by atoms with van der Waals surface area (Å²) in [5.74, 6) is 0. The fourth-order valence-electron chi connectivity index (χ4n) is 16.5. The molecule has 4 aliphatic rings. The molecule has 2 saturated carbocycles. The van der Waals surface area contributed by atoms with E-state index in [1.165, 1.54) is 111 Å². The number of benzene rings is 10. The van der Waals surface area contributed by atoms with Crippen LogP contribution in [0.3, 0.4) is 0 Å². The molecule has 14 rings (SSSR count). The molecule has 354 valence electrons. The van der Waals surface area contributed by atoms with Gasteiger partial charge in [-0.3, -0.25) is 0 Å². The first-order valence-corrected chi connectivity index (χ1v) is 26.5. The highest BCUT2D eigenvalue weighted by Crippen LogP contribution is 2.69. The van der Waals surface area contributed by atoms with Crippen molar-refractivity contribution in [2.24, 2.45) is 10.8 Å². The van der Waals surface area contributed by atoms with Crippen LogP contribution in [0.1, 0.15) is 92.2 Å². The molecular weight excluding hydrogens is 869 g/mol. The van der Waals surface area contributed by atoms with E-state index in [4.69, 9.17) is 0 Å². The maximum atomic E-state index is 2.69. The quantitative estimate of drug-likeness (QED) is 0.153. The third-order valence-corrected chi connectivity index (χ3v) is 19.1. The van der Waals surface area contributed by atoms with Crippen molar-refractivity contribution in [2.75, 3.05) is 9.80 Å². The van der Waals surface area contributed by atoms with Gasteiger partial charge in [-0.05, 0) is 199 Å². The molecule has 0 saturated heterocycles. The van der Waals surface area contributed by atoms with E-state index in [2.05, 4.69) is 259 Å². The molecule has 2 aliphatic heterocycles. The second-order valence-electron chi connectivity index (χ2n) is 24.8. The van der Waals surface area contributed by atoms with Crippen molar-refractivity contribution in [3.05, 3.63) is 205 Å². The molecule has 2 aliphatic carbocycles. The topological polar surface area (TPSA) is 6.48 Å². The third-order valence-electron chi connectivity index (χ3n) is 19.1. The maximum Gasteiger partial charge on any atom is 0.0523 e. The summed E-state index contributed by atoms with van der Waals surface area (Å²) in [4.78, 5) is 5.39. The highest BCUT2D eigenvalue weighted by Gasteiger charge is 2.65. The summed E-state index contributed by atoms with van der Waals surface area (Å²) in [5.41, 5.74) is 18.6. The average molecular weight is 933 g/mol. The van der Waals surface area contributed by atoms with E-state index >= 15 is 0 Å². The fraction of sp³-hybridized carbons (Fsp3) is 0.257. The molecule has 4 atom stereocenters. The number of nitrogens with zero attached hydrogens (tertiary/aromatic N) is 2. The number of hydrogen-bond acceptors (Lipinski definition) is 2. The number of anilines is 4. The standard InChI is InChI=1S/C70H64N2/c1-65(2)41-67(5)59-37-47(29-35-61(59)71(69(67,7)43-65)49-25-17-11-18-26-49)57-39-55(45-21-13-9-14-22-45)51-32-34-54-58(40-56(46-23-15-10-16-24-46)52-31-33-53(57)63(51)64(52)54)48-30-36-62-60(38-48)68(6)42-66(3,4)44-70(68,8)72(62)50-27-19-12-20-28-50/h9-40H,41-44H2,1-8H3. The van der Waals surface area contributed by atoms with Crippen molar-refractivity contribution in [2.45, 2.75) is 103 Å². The molecular formula is C70H64N2. The molecule has 2 heterocycles. The van der Waals surface area contributed by atoms with Gasteiger partial charge in [-0.2, -0.15) is 0 Å². The van der Waals surface area contributed by atoms with Crippen LogP contribution in [-0.4, -0.2) is 11.1 Å². The molecule has 0 amide bonds. The van der Waals surface area contributed by atoms with Gasteiger partial charge in [-0.15, -0.1) is 0 Å². The van der Waals surface area contributed by atoms with Crippen molar-refractivity contribution < 1.29 is 0 Å². The van der Waals surface area contributed by atoms with Gasteiger partial charge in [0.1, 0.15) is 0 Å². The summed E-state index contributed by atoms with van der Waals surface area (Å²) in [6.45, 7) is 20.1. The molecule has 2 heteroatoms. The smallest absolute Gasteiger partial charge is 0.0523 e. The number of para-hydroxylation sites is 2. The molecule has 0 spiro atoms. The van der Waals surface area contributed by atoms with Gasteiger partial charge in [-0.1, -0.05) is 175 Å². The molecule has 0 bridgehead atoms. The Morgan fingerprint density at radius 1 is 0.306 bits per heavy atom. The van der Waals surface area contributed by atoms with Gasteiger partial charge >= 0.3 is 0 Å². The first-order valence-electron chi connectivity index (χ1n) is 26.5. The molecule has 72 heavy (non-hydrogen) atoms. The Morgan fingerprint density at radius 3 is 0.972 bits per heavy atom. The summed E-state index contributed by atoms with van der Waals surface area (Å²) < 4.78 is 0. The zero-order chi connectivity index (χ0) is 49.2. The summed E-state index contributed by atoms with van der Waals surface area (Å²) >= 11 is 0. The Morgan fingerprint density at radius 2 is 0.625 bits per heavy atom. The van der Waals surface area contributed by atoms with Crippen LogP contribution < -0.4 is 9.80 Å². The molecule has 4 unspecified atom stereocenters. The molecule has 0 N–H and O–H groups in total. The van der Waals surface area contributed by atoms with Crippen LogP contribution in [0, 0.1) is 10.8 Å². The second-order valence-corrected chi connectivity index (χ2v) is 24.8. The Kier molecular flexibility index (Phi) is 8.92. The minimum atomic E-state index is -0.0672. The SMILES string of the molecule is CC1(C)CC2(C)c3cc(-c4cc(-c5ccccc5)c5ccc6c(-c7ccc8c(c7)C7(C)CC(C)(C)CC7(C)N8c7ccccc7)cc(-c7ccccc7)c7ccc4c5c76)ccc3N(c3ccccc3)C2(C)C1. The molecule has 2 nitrogen and oxygen atoms in total. The molecule has 0 radical (unpaired) electrons. The van der Waals surface area contributed by atoms with Crippen LogP contribution >= 0.6 is 0 Å². The van der Waals surface area contributed by atoms with E-state index in [1.54, 1.807) is 0 Å². The highest BCUT2D eigenvalue weighted by molar-refractivity contribution is 6.32. The Balaban J connectivity index is 1.04. The van der Waals surface area contributed by atoms with Crippen LogP contribution in [0.2, 0.25) is 0 Å². The summed E-state index contributed by atoms with van der Waals surface area (Å²) in [6, 6.07) is 74.3. The van der Waals surface area contributed by atoms with E-state index in [-0.39, 0.29) is 32.7 Å². The largest absolute Gasteiger partial charge is 0.334 e. The van der Waals surface area contributed by atoms with Crippen LogP contribution in [0.5, 0.6) is 0 Å². The Labute approximate surface area is 426 Å². The van der Waals surface area contributed by atoms with Crippen LogP contribution in [0.4, 0.5) is 22.7 Å². The summed E-state index contributed by atoms with van der Waals surface area (Å²) in [6.07, 6.45) is 4.53. The first-order chi connectivity index (χ1) is 34.6. The summed E-state index contributed by atoms with van der Waals surface area (Å²) in [5, 5.41) is 7.90. The first kappa shape index (κ1) is 43.6. The van der Waals surface area contributed by atoms with Crippen molar-refractivity contribution in [3.63, 3.8) is 0 Å². The normalized spacial score (nSPS) is 24.6. The lowest BCUT2D eigenvalue weighted by Crippen LogP contribution is -2.49. The van der Waals surface area contributed by atoms with E-state index in [1.807, 2.05) is 0 Å². The van der Waals surface area contributed by atoms with Gasteiger partial charge in [0.15, 0.2) is 0 Å². The predicted molar refractivity (Wildman–Crippen MR) is 307 cm³/mol. The minimum absolute atomic E-state index is 0.0417. The van der Waals surface area contributed by atoms with E-state index in [0.29, 0.717) is 0 Å². The number of fused-ring (bicyclic) bond motifs is 6. The lowest BCUT2D eigenvalue weighted by Gasteiger charge is -2.42. The highest BCUT2D eigenvalue weighted by atomic mass is 15.3. The van der Waals surface area contributed by atoms with Crippen molar-refractivity contribution in [1.82, 2.24) is 0 Å². The van der Waals surface area contributed by atoms with Gasteiger partial charge in [0.2, 0.25) is 0 Å². The van der Waals surface area contributed by atoms with Gasteiger partial charge in [0.05, 0.1) is 11.1 Å².